The summed E-state index contributed by atoms with van der Waals surface area (Å²) in [6.45, 7) is 6.50. The fourth-order valence-electron chi connectivity index (χ4n) is 2.15. The molecule has 1 aromatic heterocycles. The summed E-state index contributed by atoms with van der Waals surface area (Å²) in [6.07, 6.45) is 6.08. The van der Waals surface area contributed by atoms with Crippen molar-refractivity contribution < 1.29 is 0 Å². The first-order valence-corrected chi connectivity index (χ1v) is 7.02. The van der Waals surface area contributed by atoms with Gasteiger partial charge in [-0.05, 0) is 47.8 Å². The molecule has 0 unspecified atom stereocenters. The molecule has 5 heteroatoms. The first kappa shape index (κ1) is 12.8. The van der Waals surface area contributed by atoms with Gasteiger partial charge in [0.15, 0.2) is 0 Å². The van der Waals surface area contributed by atoms with Crippen molar-refractivity contribution in [3.05, 3.63) is 16.9 Å². The highest BCUT2D eigenvalue weighted by Gasteiger charge is 2.20. The maximum absolute atomic E-state index is 4.34. The fourth-order valence-corrected chi connectivity index (χ4v) is 2.36. The molecule has 0 amide bonds. The quantitative estimate of drug-likeness (QED) is 0.924. The molecule has 0 aliphatic carbocycles. The van der Waals surface area contributed by atoms with E-state index < -0.39 is 0 Å². The summed E-state index contributed by atoms with van der Waals surface area (Å²) in [4.78, 5) is 11.0. The van der Waals surface area contributed by atoms with Gasteiger partial charge in [-0.25, -0.2) is 9.97 Å². The molecule has 4 nitrogen and oxygen atoms in total. The van der Waals surface area contributed by atoms with Crippen molar-refractivity contribution in [1.82, 2.24) is 15.3 Å². The van der Waals surface area contributed by atoms with Crippen molar-refractivity contribution in [2.75, 3.05) is 31.1 Å². The lowest BCUT2D eigenvalue weighted by Crippen LogP contribution is -2.38. The molecular formula is C12H19BrN4. The van der Waals surface area contributed by atoms with Crippen LogP contribution < -0.4 is 10.2 Å². The first-order valence-electron chi connectivity index (χ1n) is 6.22. The van der Waals surface area contributed by atoms with Crippen LogP contribution in [0.4, 0.5) is 5.95 Å². The van der Waals surface area contributed by atoms with Gasteiger partial charge in [0.05, 0.1) is 4.47 Å². The van der Waals surface area contributed by atoms with E-state index in [0.717, 1.165) is 42.5 Å². The molecule has 2 rings (SSSR count). The van der Waals surface area contributed by atoms with Crippen LogP contribution in [0, 0.1) is 5.92 Å². The average molecular weight is 299 g/mol. The van der Waals surface area contributed by atoms with Crippen LogP contribution in [0.25, 0.3) is 0 Å². The third-order valence-electron chi connectivity index (χ3n) is 3.19. The highest BCUT2D eigenvalue weighted by atomic mass is 79.9. The fraction of sp³-hybridized carbons (Fsp3) is 0.667. The highest BCUT2D eigenvalue weighted by Crippen LogP contribution is 2.20. The Balaban J connectivity index is 1.84. The number of piperidine rings is 1. The summed E-state index contributed by atoms with van der Waals surface area (Å²) >= 11 is 3.36. The summed E-state index contributed by atoms with van der Waals surface area (Å²) < 4.78 is 0.934. The van der Waals surface area contributed by atoms with E-state index in [4.69, 9.17) is 0 Å². The van der Waals surface area contributed by atoms with Gasteiger partial charge in [-0.15, -0.1) is 0 Å². The Hall–Kier alpha value is -0.680. The second-order valence-electron chi connectivity index (χ2n) is 4.44. The van der Waals surface area contributed by atoms with Crippen molar-refractivity contribution in [1.29, 1.82) is 0 Å². The smallest absolute Gasteiger partial charge is 0.225 e. The molecule has 1 fully saturated rings. The molecule has 94 valence electrons. The number of rotatable bonds is 4. The normalized spacial score (nSPS) is 17.4. The molecular weight excluding hydrogens is 280 g/mol. The van der Waals surface area contributed by atoms with Gasteiger partial charge in [-0.2, -0.15) is 0 Å². The molecule has 2 heterocycles. The summed E-state index contributed by atoms with van der Waals surface area (Å²) in [5.41, 5.74) is 0. The van der Waals surface area contributed by atoms with E-state index in [-0.39, 0.29) is 0 Å². The second kappa shape index (κ2) is 6.31. The van der Waals surface area contributed by atoms with Crippen LogP contribution in [0.2, 0.25) is 0 Å². The van der Waals surface area contributed by atoms with Crippen LogP contribution in [0.1, 0.15) is 19.8 Å². The van der Waals surface area contributed by atoms with E-state index in [0.29, 0.717) is 0 Å². The van der Waals surface area contributed by atoms with Gasteiger partial charge < -0.3 is 10.2 Å². The van der Waals surface area contributed by atoms with Crippen LogP contribution in [-0.4, -0.2) is 36.1 Å². The molecule has 1 saturated heterocycles. The zero-order valence-corrected chi connectivity index (χ0v) is 11.8. The number of hydrogen-bond acceptors (Lipinski definition) is 4. The molecule has 0 spiro atoms. The standard InChI is InChI=1S/C12H19BrN4/c1-2-14-7-10-3-5-17(6-4-10)12-15-8-11(13)9-16-12/h8-10,14H,2-7H2,1H3. The van der Waals surface area contributed by atoms with Gasteiger partial charge >= 0.3 is 0 Å². The van der Waals surface area contributed by atoms with Gasteiger partial charge in [-0.3, -0.25) is 0 Å². The van der Waals surface area contributed by atoms with Gasteiger partial charge in [0, 0.05) is 25.5 Å². The topological polar surface area (TPSA) is 41.0 Å². The largest absolute Gasteiger partial charge is 0.341 e. The Morgan fingerprint density at radius 1 is 1.35 bits per heavy atom. The average Bonchev–Trinajstić information content (AvgIpc) is 2.38. The molecule has 17 heavy (non-hydrogen) atoms. The molecule has 0 radical (unpaired) electrons. The van der Waals surface area contributed by atoms with Crippen LogP contribution >= 0.6 is 15.9 Å². The molecule has 1 aliphatic rings. The van der Waals surface area contributed by atoms with Crippen molar-refractivity contribution in [2.45, 2.75) is 19.8 Å². The number of nitrogens with zero attached hydrogens (tertiary/aromatic N) is 3. The molecule has 0 aromatic carbocycles. The van der Waals surface area contributed by atoms with Crippen LogP contribution in [0.5, 0.6) is 0 Å². The van der Waals surface area contributed by atoms with E-state index in [9.17, 15) is 0 Å². The van der Waals surface area contributed by atoms with E-state index >= 15 is 0 Å². The Kier molecular flexibility index (Phi) is 4.74. The second-order valence-corrected chi connectivity index (χ2v) is 5.36. The maximum atomic E-state index is 4.34. The lowest BCUT2D eigenvalue weighted by atomic mass is 9.97. The SMILES string of the molecule is CCNCC1CCN(c2ncc(Br)cn2)CC1. The predicted molar refractivity (Wildman–Crippen MR) is 73.2 cm³/mol. The van der Waals surface area contributed by atoms with Gasteiger partial charge in [-0.1, -0.05) is 6.92 Å². The molecule has 0 saturated carbocycles. The summed E-state index contributed by atoms with van der Waals surface area (Å²) in [5, 5.41) is 3.42. The van der Waals surface area contributed by atoms with E-state index in [1.54, 1.807) is 0 Å². The molecule has 1 aliphatic heterocycles. The molecule has 1 N–H and O–H groups in total. The van der Waals surface area contributed by atoms with Gasteiger partial charge in [0.2, 0.25) is 5.95 Å². The Morgan fingerprint density at radius 3 is 2.59 bits per heavy atom. The van der Waals surface area contributed by atoms with Crippen molar-refractivity contribution >= 4 is 21.9 Å². The minimum Gasteiger partial charge on any atom is -0.341 e. The number of hydrogen-bond donors (Lipinski definition) is 1. The third-order valence-corrected chi connectivity index (χ3v) is 3.60. The molecule has 0 atom stereocenters. The van der Waals surface area contributed by atoms with Crippen LogP contribution in [-0.2, 0) is 0 Å². The summed E-state index contributed by atoms with van der Waals surface area (Å²) in [7, 11) is 0. The zero-order valence-electron chi connectivity index (χ0n) is 10.2. The predicted octanol–water partition coefficient (Wildman–Crippen LogP) is 2.06. The Labute approximate surface area is 111 Å². The van der Waals surface area contributed by atoms with E-state index in [2.05, 4.69) is 43.0 Å². The van der Waals surface area contributed by atoms with Crippen LogP contribution in [0.15, 0.2) is 16.9 Å². The zero-order chi connectivity index (χ0) is 12.1. The Bertz CT molecular complexity index is 333. The van der Waals surface area contributed by atoms with E-state index in [1.165, 1.54) is 12.8 Å². The van der Waals surface area contributed by atoms with Crippen LogP contribution in [0.3, 0.4) is 0 Å². The van der Waals surface area contributed by atoms with Crippen molar-refractivity contribution in [3.8, 4) is 0 Å². The number of anilines is 1. The Morgan fingerprint density at radius 2 is 2.00 bits per heavy atom. The minimum atomic E-state index is 0.807. The first-order chi connectivity index (χ1) is 8.29. The highest BCUT2D eigenvalue weighted by molar-refractivity contribution is 9.10. The number of aromatic nitrogens is 2. The molecule has 0 bridgehead atoms. The maximum Gasteiger partial charge on any atom is 0.225 e. The van der Waals surface area contributed by atoms with Crippen molar-refractivity contribution in [2.24, 2.45) is 5.92 Å². The minimum absolute atomic E-state index is 0.807. The van der Waals surface area contributed by atoms with E-state index in [1.807, 2.05) is 12.4 Å². The lowest BCUT2D eigenvalue weighted by molar-refractivity contribution is 0.384. The van der Waals surface area contributed by atoms with Gasteiger partial charge in [0.25, 0.3) is 0 Å². The summed E-state index contributed by atoms with van der Waals surface area (Å²) in [6, 6.07) is 0. The van der Waals surface area contributed by atoms with Gasteiger partial charge in [0.1, 0.15) is 0 Å². The number of nitrogens with one attached hydrogen (secondary N) is 1. The van der Waals surface area contributed by atoms with Crippen molar-refractivity contribution in [3.63, 3.8) is 0 Å². The summed E-state index contributed by atoms with van der Waals surface area (Å²) in [5.74, 6) is 1.66. The monoisotopic (exact) mass is 298 g/mol. The third kappa shape index (κ3) is 3.64. The molecule has 1 aromatic rings. The lowest BCUT2D eigenvalue weighted by Gasteiger charge is -2.32. The number of halogens is 1.